The van der Waals surface area contributed by atoms with Crippen molar-refractivity contribution >= 4 is 11.6 Å². The van der Waals surface area contributed by atoms with Gasteiger partial charge in [-0.3, -0.25) is 0 Å². The first-order valence-corrected chi connectivity index (χ1v) is 11.0. The van der Waals surface area contributed by atoms with Crippen LogP contribution in [0.3, 0.4) is 0 Å². The molecule has 2 aromatic heterocycles. The van der Waals surface area contributed by atoms with E-state index in [4.69, 9.17) is 19.7 Å². The summed E-state index contributed by atoms with van der Waals surface area (Å²) in [4.78, 5) is 16.7. The van der Waals surface area contributed by atoms with E-state index in [1.165, 1.54) is 5.56 Å². The number of hydrogen-bond donors (Lipinski definition) is 1. The predicted octanol–water partition coefficient (Wildman–Crippen LogP) is 5.25. The van der Waals surface area contributed by atoms with Crippen LogP contribution >= 0.6 is 0 Å². The maximum Gasteiger partial charge on any atom is 0.257 e. The summed E-state index contributed by atoms with van der Waals surface area (Å²) in [6.07, 6.45) is 6.01. The number of anilines is 2. The van der Waals surface area contributed by atoms with Gasteiger partial charge in [0.25, 0.3) is 5.88 Å². The van der Waals surface area contributed by atoms with Gasteiger partial charge in [-0.05, 0) is 51.2 Å². The molecule has 0 atom stereocenters. The van der Waals surface area contributed by atoms with E-state index in [0.29, 0.717) is 17.7 Å². The van der Waals surface area contributed by atoms with Crippen LogP contribution < -0.4 is 15.0 Å². The summed E-state index contributed by atoms with van der Waals surface area (Å²) in [6.45, 7) is 14.8. The molecular weight excluding hydrogens is 362 g/mol. The molecule has 0 aromatic carbocycles. The van der Waals surface area contributed by atoms with Gasteiger partial charge in [-0.15, -0.1) is 0 Å². The summed E-state index contributed by atoms with van der Waals surface area (Å²) in [5.41, 5.74) is 3.97. The van der Waals surface area contributed by atoms with E-state index in [1.54, 1.807) is 7.11 Å². The van der Waals surface area contributed by atoms with Gasteiger partial charge in [0.2, 0.25) is 0 Å². The van der Waals surface area contributed by atoms with E-state index in [1.807, 2.05) is 13.1 Å². The van der Waals surface area contributed by atoms with Crippen LogP contribution in [-0.2, 0) is 6.42 Å². The fourth-order valence-corrected chi connectivity index (χ4v) is 3.55. The van der Waals surface area contributed by atoms with E-state index in [0.717, 1.165) is 61.5 Å². The Morgan fingerprint density at radius 3 is 2.38 bits per heavy atom. The molecule has 0 saturated heterocycles. The Kier molecular flexibility index (Phi) is 8.68. The number of pyridine rings is 1. The van der Waals surface area contributed by atoms with Gasteiger partial charge >= 0.3 is 0 Å². The zero-order valence-corrected chi connectivity index (χ0v) is 19.2. The molecule has 6 heteroatoms. The average Bonchev–Trinajstić information content (AvgIpc) is 2.75. The Balaban J connectivity index is 2.48. The number of methoxy groups -OCH3 is 1. The molecule has 2 rings (SSSR count). The highest BCUT2D eigenvalue weighted by Crippen LogP contribution is 2.31. The summed E-state index contributed by atoms with van der Waals surface area (Å²) < 4.78 is 5.57. The van der Waals surface area contributed by atoms with Crippen LogP contribution in [0.1, 0.15) is 65.1 Å². The Morgan fingerprint density at radius 2 is 1.83 bits per heavy atom. The van der Waals surface area contributed by atoms with Crippen LogP contribution in [0.25, 0.3) is 11.3 Å². The second-order valence-electron chi connectivity index (χ2n) is 7.31. The van der Waals surface area contributed by atoms with E-state index < -0.39 is 0 Å². The molecule has 1 N–H and O–H groups in total. The third kappa shape index (κ3) is 5.37. The highest BCUT2D eigenvalue weighted by Gasteiger charge is 2.18. The van der Waals surface area contributed by atoms with Gasteiger partial charge in [-0.25, -0.2) is 15.0 Å². The summed E-state index contributed by atoms with van der Waals surface area (Å²) in [6, 6.07) is 2.55. The standard InChI is InChI=1S/C23H37N5O/c1-8-13-28(12-5)20-14-17(9-2)19(15-24-20)21-16(6)25-22(23(27-21)29-7)26-18(10-3)11-4/h14-15,18H,8-13H2,1-7H3,(H,25,26). The lowest BCUT2D eigenvalue weighted by atomic mass is 10.0. The van der Waals surface area contributed by atoms with Crippen molar-refractivity contribution in [3.8, 4) is 17.1 Å². The monoisotopic (exact) mass is 399 g/mol. The third-order valence-corrected chi connectivity index (χ3v) is 5.37. The minimum absolute atomic E-state index is 0.356. The Hall–Kier alpha value is -2.37. The maximum absolute atomic E-state index is 5.57. The van der Waals surface area contributed by atoms with E-state index in [9.17, 15) is 0 Å². The summed E-state index contributed by atoms with van der Waals surface area (Å²) in [5.74, 6) is 2.27. The zero-order valence-electron chi connectivity index (χ0n) is 19.2. The quantitative estimate of drug-likeness (QED) is 0.556. The molecule has 29 heavy (non-hydrogen) atoms. The molecule has 0 saturated carbocycles. The lowest BCUT2D eigenvalue weighted by Crippen LogP contribution is -2.24. The lowest BCUT2D eigenvalue weighted by Gasteiger charge is -2.23. The second-order valence-corrected chi connectivity index (χ2v) is 7.31. The van der Waals surface area contributed by atoms with Crippen LogP contribution in [0, 0.1) is 6.92 Å². The van der Waals surface area contributed by atoms with Crippen LogP contribution in [-0.4, -0.2) is 41.2 Å². The minimum atomic E-state index is 0.356. The molecule has 0 bridgehead atoms. The molecule has 0 fully saturated rings. The van der Waals surface area contributed by atoms with Gasteiger partial charge in [0.1, 0.15) is 5.82 Å². The summed E-state index contributed by atoms with van der Waals surface area (Å²) in [7, 11) is 1.65. The molecule has 0 radical (unpaired) electrons. The minimum Gasteiger partial charge on any atom is -0.478 e. The molecule has 0 unspecified atom stereocenters. The Bertz CT molecular complexity index is 789. The molecular formula is C23H37N5O. The van der Waals surface area contributed by atoms with E-state index in [-0.39, 0.29) is 0 Å². The lowest BCUT2D eigenvalue weighted by molar-refractivity contribution is 0.397. The van der Waals surface area contributed by atoms with E-state index >= 15 is 0 Å². The van der Waals surface area contributed by atoms with Crippen LogP contribution in [0.15, 0.2) is 12.3 Å². The molecule has 0 spiro atoms. The van der Waals surface area contributed by atoms with Crippen LogP contribution in [0.5, 0.6) is 5.88 Å². The van der Waals surface area contributed by atoms with E-state index in [2.05, 4.69) is 50.9 Å². The number of hydrogen-bond acceptors (Lipinski definition) is 6. The average molecular weight is 400 g/mol. The Labute approximate surface area is 176 Å². The number of aryl methyl sites for hydroxylation is 2. The van der Waals surface area contributed by atoms with Gasteiger partial charge in [-0.2, -0.15) is 0 Å². The van der Waals surface area contributed by atoms with Crippen molar-refractivity contribution in [2.45, 2.75) is 73.3 Å². The predicted molar refractivity (Wildman–Crippen MR) is 122 cm³/mol. The largest absolute Gasteiger partial charge is 0.478 e. The first kappa shape index (κ1) is 22.9. The second kappa shape index (κ2) is 11.0. The van der Waals surface area contributed by atoms with Crippen molar-refractivity contribution < 1.29 is 4.74 Å². The first-order valence-electron chi connectivity index (χ1n) is 11.0. The third-order valence-electron chi connectivity index (χ3n) is 5.37. The SMILES string of the molecule is CCCN(CC)c1cc(CC)c(-c2nc(OC)c(NC(CC)CC)nc2C)cn1. The highest BCUT2D eigenvalue weighted by molar-refractivity contribution is 5.69. The molecule has 2 aromatic rings. The summed E-state index contributed by atoms with van der Waals surface area (Å²) >= 11 is 0. The molecule has 2 heterocycles. The summed E-state index contributed by atoms with van der Waals surface area (Å²) in [5, 5.41) is 3.47. The van der Waals surface area contributed by atoms with Crippen molar-refractivity contribution in [3.05, 3.63) is 23.5 Å². The number of nitrogens with one attached hydrogen (secondary N) is 1. The van der Waals surface area contributed by atoms with Crippen molar-refractivity contribution in [3.63, 3.8) is 0 Å². The van der Waals surface area contributed by atoms with Crippen molar-refractivity contribution in [1.82, 2.24) is 15.0 Å². The van der Waals surface area contributed by atoms with Crippen molar-refractivity contribution in [2.75, 3.05) is 30.4 Å². The Morgan fingerprint density at radius 1 is 1.10 bits per heavy atom. The fourth-order valence-electron chi connectivity index (χ4n) is 3.55. The smallest absolute Gasteiger partial charge is 0.257 e. The van der Waals surface area contributed by atoms with Crippen LogP contribution in [0.2, 0.25) is 0 Å². The number of nitrogens with zero attached hydrogens (tertiary/aromatic N) is 4. The molecule has 160 valence electrons. The maximum atomic E-state index is 5.57. The molecule has 6 nitrogen and oxygen atoms in total. The topological polar surface area (TPSA) is 63.2 Å². The van der Waals surface area contributed by atoms with Crippen LogP contribution in [0.4, 0.5) is 11.6 Å². The first-order chi connectivity index (χ1) is 14.0. The van der Waals surface area contributed by atoms with Gasteiger partial charge in [-0.1, -0.05) is 27.7 Å². The normalized spacial score (nSPS) is 11.0. The van der Waals surface area contributed by atoms with Crippen molar-refractivity contribution in [1.29, 1.82) is 0 Å². The molecule has 0 aliphatic heterocycles. The molecule has 0 aliphatic carbocycles. The molecule has 0 aliphatic rings. The molecule has 0 amide bonds. The fraction of sp³-hybridized carbons (Fsp3) is 0.609. The van der Waals surface area contributed by atoms with Gasteiger partial charge in [0.15, 0.2) is 5.82 Å². The highest BCUT2D eigenvalue weighted by atomic mass is 16.5. The van der Waals surface area contributed by atoms with Gasteiger partial charge < -0.3 is 15.0 Å². The number of aromatic nitrogens is 3. The number of ether oxygens (including phenoxy) is 1. The van der Waals surface area contributed by atoms with Crippen molar-refractivity contribution in [2.24, 2.45) is 0 Å². The zero-order chi connectivity index (χ0) is 21.4. The van der Waals surface area contributed by atoms with Gasteiger partial charge in [0.05, 0.1) is 18.5 Å². The van der Waals surface area contributed by atoms with Gasteiger partial charge in [0, 0.05) is 30.9 Å². The number of rotatable bonds is 11.